The van der Waals surface area contributed by atoms with Gasteiger partial charge in [0.2, 0.25) is 0 Å². The van der Waals surface area contributed by atoms with E-state index in [4.69, 9.17) is 0 Å². The van der Waals surface area contributed by atoms with Crippen molar-refractivity contribution in [3.63, 3.8) is 0 Å². The molecular formula is C18H27N5S. The standard InChI is InChI=1S/C18H27N5S/c1-18(2,3)15-11-19-17(24-15)13-22(4)14-7-6-10-23(12-14)16-8-5-9-20-21-16/h5,8-9,11,14H,6-7,10,12-13H2,1-4H3/t14-/m1/s1. The molecule has 1 aliphatic heterocycles. The van der Waals surface area contributed by atoms with E-state index in [0.717, 1.165) is 25.5 Å². The largest absolute Gasteiger partial charge is 0.354 e. The maximum atomic E-state index is 4.64. The van der Waals surface area contributed by atoms with E-state index in [9.17, 15) is 0 Å². The van der Waals surface area contributed by atoms with Crippen LogP contribution in [0.15, 0.2) is 24.5 Å². The first-order valence-electron chi connectivity index (χ1n) is 8.61. The monoisotopic (exact) mass is 345 g/mol. The summed E-state index contributed by atoms with van der Waals surface area (Å²) in [5, 5.41) is 9.47. The fourth-order valence-electron chi connectivity index (χ4n) is 3.06. The Hall–Kier alpha value is -1.53. The summed E-state index contributed by atoms with van der Waals surface area (Å²) in [4.78, 5) is 10.8. The molecule has 1 fully saturated rings. The number of anilines is 1. The van der Waals surface area contributed by atoms with E-state index in [1.165, 1.54) is 22.7 Å². The molecule has 0 radical (unpaired) electrons. The number of thiazole rings is 1. The fraction of sp³-hybridized carbons (Fsp3) is 0.611. The molecule has 2 aromatic rings. The highest BCUT2D eigenvalue weighted by Gasteiger charge is 2.25. The van der Waals surface area contributed by atoms with Crippen LogP contribution in [0.25, 0.3) is 0 Å². The van der Waals surface area contributed by atoms with Crippen LogP contribution < -0.4 is 4.90 Å². The van der Waals surface area contributed by atoms with Crippen LogP contribution in [0, 0.1) is 0 Å². The van der Waals surface area contributed by atoms with E-state index < -0.39 is 0 Å². The van der Waals surface area contributed by atoms with Gasteiger partial charge in [-0.15, -0.1) is 16.4 Å². The molecule has 0 aromatic carbocycles. The van der Waals surface area contributed by atoms with Crippen LogP contribution in [0.5, 0.6) is 0 Å². The summed E-state index contributed by atoms with van der Waals surface area (Å²) in [6.45, 7) is 9.72. The Labute approximate surface area is 148 Å². The van der Waals surface area contributed by atoms with Crippen molar-refractivity contribution in [3.05, 3.63) is 34.4 Å². The number of hydrogen-bond donors (Lipinski definition) is 0. The van der Waals surface area contributed by atoms with Crippen LogP contribution in [0.4, 0.5) is 5.82 Å². The molecule has 3 rings (SSSR count). The number of nitrogens with zero attached hydrogens (tertiary/aromatic N) is 5. The molecule has 3 heterocycles. The zero-order valence-corrected chi connectivity index (χ0v) is 15.9. The summed E-state index contributed by atoms with van der Waals surface area (Å²) in [6.07, 6.45) is 6.19. The predicted octanol–water partition coefficient (Wildman–Crippen LogP) is 3.33. The minimum absolute atomic E-state index is 0.183. The molecular weight excluding hydrogens is 318 g/mol. The SMILES string of the molecule is CN(Cc1ncc(C(C)(C)C)s1)[C@@H]1CCCN(c2cccnn2)C1. The Morgan fingerprint density at radius 1 is 1.38 bits per heavy atom. The van der Waals surface area contributed by atoms with Gasteiger partial charge in [0, 0.05) is 36.4 Å². The van der Waals surface area contributed by atoms with Crippen LogP contribution >= 0.6 is 11.3 Å². The number of likely N-dealkylation sites (N-methyl/N-ethyl adjacent to an activating group) is 1. The molecule has 0 aliphatic carbocycles. The topological polar surface area (TPSA) is 45.2 Å². The molecule has 6 heteroatoms. The van der Waals surface area contributed by atoms with Crippen molar-refractivity contribution in [3.8, 4) is 0 Å². The number of piperidine rings is 1. The third-order valence-corrected chi connectivity index (χ3v) is 5.99. The minimum Gasteiger partial charge on any atom is -0.354 e. The maximum Gasteiger partial charge on any atom is 0.151 e. The van der Waals surface area contributed by atoms with Crippen LogP contribution in [0.3, 0.4) is 0 Å². The molecule has 0 amide bonds. The van der Waals surface area contributed by atoms with E-state index in [1.54, 1.807) is 6.20 Å². The molecule has 1 aliphatic rings. The van der Waals surface area contributed by atoms with Gasteiger partial charge in [-0.2, -0.15) is 5.10 Å². The number of aromatic nitrogens is 3. The Balaban J connectivity index is 1.62. The molecule has 0 unspecified atom stereocenters. The van der Waals surface area contributed by atoms with Gasteiger partial charge in [0.15, 0.2) is 5.82 Å². The molecule has 0 saturated carbocycles. The fourth-order valence-corrected chi connectivity index (χ4v) is 4.10. The van der Waals surface area contributed by atoms with Gasteiger partial charge in [0.1, 0.15) is 5.01 Å². The van der Waals surface area contributed by atoms with E-state index in [0.29, 0.717) is 6.04 Å². The van der Waals surface area contributed by atoms with Gasteiger partial charge in [-0.05, 0) is 37.4 Å². The van der Waals surface area contributed by atoms with Crippen LogP contribution in [-0.4, -0.2) is 46.3 Å². The van der Waals surface area contributed by atoms with Crippen molar-refractivity contribution in [1.29, 1.82) is 0 Å². The molecule has 2 aromatic heterocycles. The normalized spacial score (nSPS) is 19.0. The quantitative estimate of drug-likeness (QED) is 0.850. The molecule has 0 N–H and O–H groups in total. The van der Waals surface area contributed by atoms with Gasteiger partial charge in [-0.1, -0.05) is 20.8 Å². The highest BCUT2D eigenvalue weighted by atomic mass is 32.1. The second-order valence-corrected chi connectivity index (χ2v) is 8.72. The molecule has 24 heavy (non-hydrogen) atoms. The van der Waals surface area contributed by atoms with Crippen LogP contribution in [0.1, 0.15) is 43.5 Å². The molecule has 5 nitrogen and oxygen atoms in total. The first kappa shape index (κ1) is 17.3. The average molecular weight is 346 g/mol. The smallest absolute Gasteiger partial charge is 0.151 e. The maximum absolute atomic E-state index is 4.64. The van der Waals surface area contributed by atoms with Gasteiger partial charge in [-0.25, -0.2) is 4.98 Å². The molecule has 1 saturated heterocycles. The molecule has 130 valence electrons. The van der Waals surface area contributed by atoms with E-state index in [1.807, 2.05) is 29.7 Å². The van der Waals surface area contributed by atoms with Gasteiger partial charge >= 0.3 is 0 Å². The summed E-state index contributed by atoms with van der Waals surface area (Å²) in [6, 6.07) is 4.54. The first-order chi connectivity index (χ1) is 11.4. The van der Waals surface area contributed by atoms with Crippen LogP contribution in [-0.2, 0) is 12.0 Å². The Morgan fingerprint density at radius 2 is 2.21 bits per heavy atom. The third-order valence-electron chi connectivity index (χ3n) is 4.58. The van der Waals surface area contributed by atoms with E-state index in [2.05, 4.69) is 52.8 Å². The zero-order valence-electron chi connectivity index (χ0n) is 15.1. The summed E-state index contributed by atoms with van der Waals surface area (Å²) >= 11 is 1.84. The van der Waals surface area contributed by atoms with Crippen LogP contribution in [0.2, 0.25) is 0 Å². The Kier molecular flexibility index (Phi) is 5.15. The lowest BCUT2D eigenvalue weighted by molar-refractivity contribution is 0.207. The van der Waals surface area contributed by atoms with Gasteiger partial charge in [0.05, 0.1) is 6.54 Å². The Morgan fingerprint density at radius 3 is 2.88 bits per heavy atom. The van der Waals surface area contributed by atoms with E-state index in [-0.39, 0.29) is 5.41 Å². The molecule has 0 spiro atoms. The van der Waals surface area contributed by atoms with Crippen molar-refractivity contribution >= 4 is 17.2 Å². The van der Waals surface area contributed by atoms with Gasteiger partial charge in [-0.3, -0.25) is 4.90 Å². The highest BCUT2D eigenvalue weighted by Crippen LogP contribution is 2.29. The van der Waals surface area contributed by atoms with Crippen molar-refractivity contribution in [2.45, 2.75) is 51.6 Å². The summed E-state index contributed by atoms with van der Waals surface area (Å²) in [5.74, 6) is 0.986. The Bertz CT molecular complexity index is 649. The summed E-state index contributed by atoms with van der Waals surface area (Å²) in [5.41, 5.74) is 0.183. The minimum atomic E-state index is 0.183. The number of hydrogen-bond acceptors (Lipinski definition) is 6. The lowest BCUT2D eigenvalue weighted by Gasteiger charge is -2.37. The zero-order chi connectivity index (χ0) is 17.2. The van der Waals surface area contributed by atoms with Crippen molar-refractivity contribution in [2.24, 2.45) is 0 Å². The van der Waals surface area contributed by atoms with Gasteiger partial charge in [0.25, 0.3) is 0 Å². The second kappa shape index (κ2) is 7.15. The van der Waals surface area contributed by atoms with E-state index >= 15 is 0 Å². The predicted molar refractivity (Wildman–Crippen MR) is 99.5 cm³/mol. The average Bonchev–Trinajstić information content (AvgIpc) is 3.05. The lowest BCUT2D eigenvalue weighted by atomic mass is 9.96. The molecule has 1 atom stereocenters. The summed E-state index contributed by atoms with van der Waals surface area (Å²) in [7, 11) is 2.21. The van der Waals surface area contributed by atoms with Crippen molar-refractivity contribution in [2.75, 3.05) is 25.0 Å². The van der Waals surface area contributed by atoms with Gasteiger partial charge < -0.3 is 4.90 Å². The molecule has 0 bridgehead atoms. The second-order valence-electron chi connectivity index (χ2n) is 7.61. The number of rotatable bonds is 4. The van der Waals surface area contributed by atoms with Crippen molar-refractivity contribution < 1.29 is 0 Å². The van der Waals surface area contributed by atoms with Crippen molar-refractivity contribution in [1.82, 2.24) is 20.1 Å². The highest BCUT2D eigenvalue weighted by molar-refractivity contribution is 7.11. The summed E-state index contributed by atoms with van der Waals surface area (Å²) < 4.78 is 0. The first-order valence-corrected chi connectivity index (χ1v) is 9.43. The third kappa shape index (κ3) is 4.11. The lowest BCUT2D eigenvalue weighted by Crippen LogP contribution is -2.46.